The molecule has 0 saturated carbocycles. The van der Waals surface area contributed by atoms with Crippen molar-refractivity contribution in [3.8, 4) is 0 Å². The van der Waals surface area contributed by atoms with Crippen LogP contribution in [0.25, 0.3) is 10.9 Å². The van der Waals surface area contributed by atoms with Crippen LogP contribution in [0, 0.1) is 6.92 Å². The van der Waals surface area contributed by atoms with Gasteiger partial charge in [0.1, 0.15) is 11.4 Å². The fourth-order valence-corrected chi connectivity index (χ4v) is 3.93. The van der Waals surface area contributed by atoms with Crippen LogP contribution in [0.2, 0.25) is 0 Å². The molecule has 2 heterocycles. The Morgan fingerprint density at radius 2 is 1.72 bits per heavy atom. The Hall–Kier alpha value is -3.06. The smallest absolute Gasteiger partial charge is 0.287 e. The van der Waals surface area contributed by atoms with Gasteiger partial charge in [0, 0.05) is 22.0 Å². The lowest BCUT2D eigenvalue weighted by atomic mass is 10.1. The van der Waals surface area contributed by atoms with Gasteiger partial charge in [-0.15, -0.1) is 0 Å². The zero-order chi connectivity index (χ0) is 20.6. The highest BCUT2D eigenvalue weighted by Crippen LogP contribution is 2.32. The Morgan fingerprint density at radius 1 is 1.00 bits per heavy atom. The summed E-state index contributed by atoms with van der Waals surface area (Å²) in [5.41, 5.74) is 1.08. The molecule has 0 unspecified atom stereocenters. The number of carbonyl (C=O) groups is 1. The summed E-state index contributed by atoms with van der Waals surface area (Å²) in [5.74, 6) is -0.492. The van der Waals surface area contributed by atoms with Crippen LogP contribution in [0.15, 0.2) is 77.8 Å². The summed E-state index contributed by atoms with van der Waals surface area (Å²) in [5, 5.41) is 0.834. The van der Waals surface area contributed by atoms with Crippen molar-refractivity contribution in [3.63, 3.8) is 0 Å². The van der Waals surface area contributed by atoms with Crippen LogP contribution in [0.5, 0.6) is 0 Å². The summed E-state index contributed by atoms with van der Waals surface area (Å²) in [7, 11) is 0. The summed E-state index contributed by atoms with van der Waals surface area (Å²) in [6.45, 7) is 1.98. The topological polar surface area (TPSA) is 34.9 Å². The number of nitrogens with zero attached hydrogens (tertiary/aromatic N) is 2. The highest BCUT2D eigenvalue weighted by Gasteiger charge is 2.33. The van der Waals surface area contributed by atoms with Gasteiger partial charge in [0.2, 0.25) is 5.78 Å². The van der Waals surface area contributed by atoms with Crippen LogP contribution < -0.4 is 0 Å². The standard InChI is InChI=1S/C22H15F3N2OS/c1-14-6-8-17(9-7-14)29-27-18-5-3-2-4-15(18)12-19(27)21(28)16-10-11-26-20(13-16)22(23,24)25/h2-13H,1H3. The third-order valence-electron chi connectivity index (χ3n) is 4.43. The van der Waals surface area contributed by atoms with E-state index in [-0.39, 0.29) is 5.56 Å². The molecule has 0 aliphatic rings. The number of para-hydroxylation sites is 1. The van der Waals surface area contributed by atoms with Gasteiger partial charge in [0.25, 0.3) is 0 Å². The van der Waals surface area contributed by atoms with E-state index in [0.29, 0.717) is 5.69 Å². The van der Waals surface area contributed by atoms with Gasteiger partial charge < -0.3 is 0 Å². The average molecular weight is 412 g/mol. The molecule has 4 rings (SSSR count). The molecule has 0 aliphatic carbocycles. The summed E-state index contributed by atoms with van der Waals surface area (Å²) in [6, 6.07) is 19.1. The molecule has 2 aromatic heterocycles. The lowest BCUT2D eigenvalue weighted by Gasteiger charge is -2.11. The first-order chi connectivity index (χ1) is 13.8. The van der Waals surface area contributed by atoms with Gasteiger partial charge >= 0.3 is 6.18 Å². The SMILES string of the molecule is Cc1ccc(Sn2c(C(=O)c3ccnc(C(F)(F)F)c3)cc3ccccc32)cc1. The Kier molecular flexibility index (Phi) is 4.92. The van der Waals surface area contributed by atoms with Crippen molar-refractivity contribution in [2.75, 3.05) is 0 Å². The van der Waals surface area contributed by atoms with E-state index < -0.39 is 17.7 Å². The number of alkyl halides is 3. The Bertz CT molecular complexity index is 1200. The first kappa shape index (κ1) is 19.3. The van der Waals surface area contributed by atoms with E-state index in [1.165, 1.54) is 18.0 Å². The van der Waals surface area contributed by atoms with Gasteiger partial charge in [-0.05, 0) is 55.3 Å². The first-order valence-electron chi connectivity index (χ1n) is 8.76. The number of hydrogen-bond donors (Lipinski definition) is 0. The predicted octanol–water partition coefficient (Wildman–Crippen LogP) is 6.15. The fourth-order valence-electron chi connectivity index (χ4n) is 2.97. The minimum absolute atomic E-state index is 0.0547. The van der Waals surface area contributed by atoms with Crippen molar-refractivity contribution in [1.82, 2.24) is 8.96 Å². The number of carbonyl (C=O) groups excluding carboxylic acids is 1. The van der Waals surface area contributed by atoms with Gasteiger partial charge in [-0.1, -0.05) is 35.9 Å². The van der Waals surface area contributed by atoms with Gasteiger partial charge in [-0.3, -0.25) is 13.8 Å². The molecule has 0 spiro atoms. The number of aromatic nitrogens is 2. The van der Waals surface area contributed by atoms with Crippen molar-refractivity contribution >= 4 is 28.6 Å². The minimum atomic E-state index is -4.61. The van der Waals surface area contributed by atoms with Crippen LogP contribution >= 0.6 is 11.9 Å². The molecule has 0 atom stereocenters. The second-order valence-electron chi connectivity index (χ2n) is 6.54. The first-order valence-corrected chi connectivity index (χ1v) is 9.54. The number of halogens is 3. The van der Waals surface area contributed by atoms with E-state index >= 15 is 0 Å². The Morgan fingerprint density at radius 3 is 2.45 bits per heavy atom. The second kappa shape index (κ2) is 7.40. The van der Waals surface area contributed by atoms with E-state index in [4.69, 9.17) is 0 Å². The van der Waals surface area contributed by atoms with E-state index in [9.17, 15) is 18.0 Å². The number of pyridine rings is 1. The highest BCUT2D eigenvalue weighted by atomic mass is 32.2. The Labute approximate surface area is 169 Å². The van der Waals surface area contributed by atoms with Crippen molar-refractivity contribution in [2.45, 2.75) is 18.0 Å². The lowest BCUT2D eigenvalue weighted by Crippen LogP contribution is -2.12. The van der Waals surface area contributed by atoms with Gasteiger partial charge in [0.15, 0.2) is 0 Å². The van der Waals surface area contributed by atoms with Crippen molar-refractivity contribution in [3.05, 3.63) is 95.4 Å². The number of rotatable bonds is 4. The maximum Gasteiger partial charge on any atom is 0.433 e. The van der Waals surface area contributed by atoms with Crippen molar-refractivity contribution in [1.29, 1.82) is 0 Å². The summed E-state index contributed by atoms with van der Waals surface area (Å²) in [4.78, 5) is 17.4. The molecule has 0 saturated heterocycles. The quantitative estimate of drug-likeness (QED) is 0.377. The summed E-state index contributed by atoms with van der Waals surface area (Å²) >= 11 is 1.35. The Balaban J connectivity index is 1.81. The molecule has 0 N–H and O–H groups in total. The molecule has 4 aromatic rings. The third kappa shape index (κ3) is 3.91. The zero-order valence-electron chi connectivity index (χ0n) is 15.3. The molecule has 7 heteroatoms. The fraction of sp³-hybridized carbons (Fsp3) is 0.0909. The van der Waals surface area contributed by atoms with Gasteiger partial charge in [0.05, 0.1) is 5.52 Å². The molecule has 3 nitrogen and oxygen atoms in total. The summed E-state index contributed by atoms with van der Waals surface area (Å²) in [6.07, 6.45) is -3.60. The monoisotopic (exact) mass is 412 g/mol. The molecule has 0 bridgehead atoms. The van der Waals surface area contributed by atoms with Crippen LogP contribution in [-0.2, 0) is 6.18 Å². The molecule has 0 aliphatic heterocycles. The summed E-state index contributed by atoms with van der Waals surface area (Å²) < 4.78 is 40.8. The van der Waals surface area contributed by atoms with Crippen LogP contribution in [0.1, 0.15) is 27.3 Å². The number of fused-ring (bicyclic) bond motifs is 1. The van der Waals surface area contributed by atoms with E-state index in [1.54, 1.807) is 10.0 Å². The highest BCUT2D eigenvalue weighted by molar-refractivity contribution is 7.98. The normalized spacial score (nSPS) is 11.7. The molecule has 0 radical (unpaired) electrons. The average Bonchev–Trinajstić information content (AvgIpc) is 3.07. The maximum absolute atomic E-state index is 13.1. The zero-order valence-corrected chi connectivity index (χ0v) is 16.1. The van der Waals surface area contributed by atoms with Crippen molar-refractivity contribution < 1.29 is 18.0 Å². The third-order valence-corrected chi connectivity index (χ3v) is 5.49. The maximum atomic E-state index is 13.1. The predicted molar refractivity (Wildman–Crippen MR) is 107 cm³/mol. The van der Waals surface area contributed by atoms with E-state index in [2.05, 4.69) is 4.98 Å². The number of ketones is 1. The van der Waals surface area contributed by atoms with Crippen LogP contribution in [0.3, 0.4) is 0 Å². The van der Waals surface area contributed by atoms with Gasteiger partial charge in [-0.2, -0.15) is 13.2 Å². The minimum Gasteiger partial charge on any atom is -0.287 e. The van der Waals surface area contributed by atoms with Gasteiger partial charge in [-0.25, -0.2) is 0 Å². The molecule has 146 valence electrons. The van der Waals surface area contributed by atoms with Crippen molar-refractivity contribution in [2.24, 2.45) is 0 Å². The molecular weight excluding hydrogens is 397 g/mol. The number of aryl methyl sites for hydroxylation is 1. The lowest BCUT2D eigenvalue weighted by molar-refractivity contribution is -0.141. The van der Waals surface area contributed by atoms with E-state index in [1.807, 2.05) is 55.5 Å². The molecule has 2 aromatic carbocycles. The molecule has 0 fully saturated rings. The number of benzene rings is 2. The van der Waals surface area contributed by atoms with Crippen LogP contribution in [0.4, 0.5) is 13.2 Å². The molecular formula is C22H15F3N2OS. The second-order valence-corrected chi connectivity index (χ2v) is 7.56. The van der Waals surface area contributed by atoms with Crippen LogP contribution in [-0.4, -0.2) is 14.7 Å². The molecule has 29 heavy (non-hydrogen) atoms. The van der Waals surface area contributed by atoms with E-state index in [0.717, 1.165) is 33.6 Å². The molecule has 0 amide bonds. The number of hydrogen-bond acceptors (Lipinski definition) is 3. The largest absolute Gasteiger partial charge is 0.433 e.